The number of ether oxygens (including phenoxy) is 1. The lowest BCUT2D eigenvalue weighted by Gasteiger charge is -2.37. The van der Waals surface area contributed by atoms with Crippen LogP contribution >= 0.6 is 0 Å². The molecule has 0 aliphatic rings. The molecule has 0 radical (unpaired) electrons. The van der Waals surface area contributed by atoms with Crippen LogP contribution in [0.1, 0.15) is 98.7 Å². The Morgan fingerprint density at radius 1 is 1.03 bits per heavy atom. The number of carbonyl (C=O) groups excluding carboxylic acids is 3. The number of benzene rings is 1. The highest BCUT2D eigenvalue weighted by Gasteiger charge is 2.37. The zero-order chi connectivity index (χ0) is 27.0. The van der Waals surface area contributed by atoms with E-state index < -0.39 is 29.3 Å². The highest BCUT2D eigenvalue weighted by atomic mass is 16.6. The number of alkyl carbamates (subject to hydrolysis) is 1. The minimum absolute atomic E-state index is 0.146. The summed E-state index contributed by atoms with van der Waals surface area (Å²) in [6, 6.07) is 6.02. The van der Waals surface area contributed by atoms with Gasteiger partial charge in [0.05, 0.1) is 0 Å². The number of amides is 3. The number of nitrogens with zero attached hydrogens (tertiary/aromatic N) is 1. The summed E-state index contributed by atoms with van der Waals surface area (Å²) in [5.41, 5.74) is 0.549. The van der Waals surface area contributed by atoms with E-state index in [-0.39, 0.29) is 17.7 Å². The van der Waals surface area contributed by atoms with Crippen LogP contribution in [0.25, 0.3) is 0 Å². The van der Waals surface area contributed by atoms with Crippen molar-refractivity contribution >= 4 is 17.9 Å². The van der Waals surface area contributed by atoms with Crippen molar-refractivity contribution in [1.29, 1.82) is 0 Å². The van der Waals surface area contributed by atoms with Gasteiger partial charge in [0.2, 0.25) is 11.8 Å². The fraction of sp³-hybridized carbons (Fsp3) is 0.679. The summed E-state index contributed by atoms with van der Waals surface area (Å²) in [5.74, 6) is -0.376. The van der Waals surface area contributed by atoms with Crippen molar-refractivity contribution in [2.75, 3.05) is 6.54 Å². The second kappa shape index (κ2) is 12.9. The number of hydrogen-bond donors (Lipinski definition) is 2. The van der Waals surface area contributed by atoms with Crippen LogP contribution in [0.15, 0.2) is 24.3 Å². The normalized spacial score (nSPS) is 13.7. The number of hydrogen-bond acceptors (Lipinski definition) is 4. The first-order valence-electron chi connectivity index (χ1n) is 12.7. The molecular formula is C28H47N3O4. The number of unbranched alkanes of at least 4 members (excludes halogenated alkanes) is 1. The molecule has 3 amide bonds. The largest absolute Gasteiger partial charge is 0.444 e. The van der Waals surface area contributed by atoms with Gasteiger partial charge in [-0.05, 0) is 78.4 Å². The van der Waals surface area contributed by atoms with Gasteiger partial charge in [0.15, 0.2) is 0 Å². The number of carbonyl (C=O) groups is 3. The van der Waals surface area contributed by atoms with Crippen molar-refractivity contribution in [3.05, 3.63) is 35.4 Å². The van der Waals surface area contributed by atoms with Gasteiger partial charge in [0.1, 0.15) is 17.7 Å². The Bertz CT molecular complexity index is 852. The zero-order valence-corrected chi connectivity index (χ0v) is 23.5. The summed E-state index contributed by atoms with van der Waals surface area (Å²) in [5, 5.41) is 5.85. The van der Waals surface area contributed by atoms with Gasteiger partial charge in [-0.2, -0.15) is 0 Å². The molecule has 0 heterocycles. The molecule has 35 heavy (non-hydrogen) atoms. The van der Waals surface area contributed by atoms with Crippen molar-refractivity contribution in [2.24, 2.45) is 5.92 Å². The molecule has 2 atom stereocenters. The van der Waals surface area contributed by atoms with Crippen molar-refractivity contribution in [3.8, 4) is 0 Å². The highest BCUT2D eigenvalue weighted by Crippen LogP contribution is 2.27. The van der Waals surface area contributed by atoms with E-state index in [2.05, 4.69) is 10.6 Å². The second-order valence-corrected chi connectivity index (χ2v) is 11.7. The Hall–Kier alpha value is -2.57. The molecule has 1 rings (SSSR count). The molecule has 0 saturated carbocycles. The third kappa shape index (κ3) is 10.7. The summed E-state index contributed by atoms with van der Waals surface area (Å²) in [7, 11) is 0. The molecule has 1 aromatic carbocycles. The molecule has 1 aromatic rings. The standard InChI is InChI=1S/C28H47N3O4/c1-11-12-17-31(25(33)22(18-19(2)3)29-26(34)35-28(8,9)10)23(24(32)30-27(5,6)7)21-16-14-13-15-20(21)4/h13-16,19,22-23H,11-12,17-18H2,1-10H3,(H,29,34)(H,30,32). The predicted molar refractivity (Wildman–Crippen MR) is 141 cm³/mol. The van der Waals surface area contributed by atoms with Gasteiger partial charge in [-0.1, -0.05) is 51.5 Å². The van der Waals surface area contributed by atoms with E-state index in [1.165, 1.54) is 0 Å². The first-order valence-corrected chi connectivity index (χ1v) is 12.7. The van der Waals surface area contributed by atoms with E-state index in [1.807, 2.05) is 72.7 Å². The van der Waals surface area contributed by atoms with Crippen molar-refractivity contribution in [3.63, 3.8) is 0 Å². The fourth-order valence-corrected chi connectivity index (χ4v) is 3.82. The molecular weight excluding hydrogens is 442 g/mol. The Morgan fingerprint density at radius 2 is 1.63 bits per heavy atom. The Balaban J connectivity index is 3.51. The summed E-state index contributed by atoms with van der Waals surface area (Å²) < 4.78 is 5.44. The van der Waals surface area contributed by atoms with Gasteiger partial charge in [-0.3, -0.25) is 9.59 Å². The third-order valence-corrected chi connectivity index (χ3v) is 5.27. The quantitative estimate of drug-likeness (QED) is 0.453. The Morgan fingerprint density at radius 3 is 2.11 bits per heavy atom. The summed E-state index contributed by atoms with van der Waals surface area (Å²) in [4.78, 5) is 42.0. The lowest BCUT2D eigenvalue weighted by molar-refractivity contribution is -0.143. The molecule has 7 nitrogen and oxygen atoms in total. The van der Waals surface area contributed by atoms with E-state index in [0.29, 0.717) is 13.0 Å². The van der Waals surface area contributed by atoms with Crippen molar-refractivity contribution < 1.29 is 19.1 Å². The molecule has 7 heteroatoms. The van der Waals surface area contributed by atoms with Gasteiger partial charge in [-0.15, -0.1) is 0 Å². The minimum atomic E-state index is -0.815. The third-order valence-electron chi connectivity index (χ3n) is 5.27. The van der Waals surface area contributed by atoms with E-state index >= 15 is 0 Å². The number of nitrogens with one attached hydrogen (secondary N) is 2. The van der Waals surface area contributed by atoms with E-state index in [1.54, 1.807) is 25.7 Å². The van der Waals surface area contributed by atoms with E-state index in [0.717, 1.165) is 24.0 Å². The van der Waals surface area contributed by atoms with Crippen molar-refractivity contribution in [1.82, 2.24) is 15.5 Å². The van der Waals surface area contributed by atoms with Gasteiger partial charge in [-0.25, -0.2) is 4.79 Å². The smallest absolute Gasteiger partial charge is 0.408 e. The number of aryl methyl sites for hydroxylation is 1. The lowest BCUT2D eigenvalue weighted by atomic mass is 9.95. The molecule has 0 aromatic heterocycles. The maximum Gasteiger partial charge on any atom is 0.408 e. The van der Waals surface area contributed by atoms with Gasteiger partial charge in [0.25, 0.3) is 0 Å². The molecule has 0 saturated heterocycles. The molecule has 0 spiro atoms. The van der Waals surface area contributed by atoms with Gasteiger partial charge < -0.3 is 20.3 Å². The maximum absolute atomic E-state index is 14.1. The van der Waals surface area contributed by atoms with Crippen LogP contribution in [0.5, 0.6) is 0 Å². The zero-order valence-electron chi connectivity index (χ0n) is 23.5. The molecule has 0 aliphatic carbocycles. The van der Waals surface area contributed by atoms with E-state index in [4.69, 9.17) is 4.74 Å². The van der Waals surface area contributed by atoms with Crippen molar-refractivity contribution in [2.45, 2.75) is 112 Å². The predicted octanol–water partition coefficient (Wildman–Crippen LogP) is 5.52. The van der Waals surface area contributed by atoms with Gasteiger partial charge in [0, 0.05) is 12.1 Å². The SMILES string of the molecule is CCCCN(C(=O)C(CC(C)C)NC(=O)OC(C)(C)C)C(C(=O)NC(C)(C)C)c1ccccc1C. The van der Waals surface area contributed by atoms with Crippen LogP contribution in [-0.4, -0.2) is 46.5 Å². The first-order chi connectivity index (χ1) is 16.1. The Labute approximate surface area is 212 Å². The topological polar surface area (TPSA) is 87.7 Å². The molecule has 2 N–H and O–H groups in total. The maximum atomic E-state index is 14.1. The second-order valence-electron chi connectivity index (χ2n) is 11.7. The average Bonchev–Trinajstić information content (AvgIpc) is 2.68. The van der Waals surface area contributed by atoms with Crippen LogP contribution in [-0.2, 0) is 14.3 Å². The summed E-state index contributed by atoms with van der Waals surface area (Å²) in [6.45, 7) is 19.5. The fourth-order valence-electron chi connectivity index (χ4n) is 3.82. The minimum Gasteiger partial charge on any atom is -0.444 e. The van der Waals surface area contributed by atoms with E-state index in [9.17, 15) is 14.4 Å². The first kappa shape index (κ1) is 30.5. The van der Waals surface area contributed by atoms with Crippen LogP contribution < -0.4 is 10.6 Å². The highest BCUT2D eigenvalue weighted by molar-refractivity contribution is 5.92. The van der Waals surface area contributed by atoms with Crippen LogP contribution in [0.3, 0.4) is 0 Å². The van der Waals surface area contributed by atoms with Gasteiger partial charge >= 0.3 is 6.09 Å². The summed E-state index contributed by atoms with van der Waals surface area (Å²) >= 11 is 0. The molecule has 0 bridgehead atoms. The lowest BCUT2D eigenvalue weighted by Crippen LogP contribution is -2.55. The molecule has 0 fully saturated rings. The van der Waals surface area contributed by atoms with Crippen LogP contribution in [0.4, 0.5) is 4.79 Å². The van der Waals surface area contributed by atoms with Crippen LogP contribution in [0, 0.1) is 12.8 Å². The van der Waals surface area contributed by atoms with Crippen LogP contribution in [0.2, 0.25) is 0 Å². The summed E-state index contributed by atoms with van der Waals surface area (Å²) in [6.07, 6.45) is 1.39. The molecule has 198 valence electrons. The average molecular weight is 490 g/mol. The molecule has 2 unspecified atom stereocenters. The molecule has 0 aliphatic heterocycles. The monoisotopic (exact) mass is 489 g/mol. The Kier molecular flexibility index (Phi) is 11.3. The number of rotatable bonds is 10.